The van der Waals surface area contributed by atoms with Crippen molar-refractivity contribution in [2.75, 3.05) is 26.9 Å². The van der Waals surface area contributed by atoms with Gasteiger partial charge >= 0.3 is 5.97 Å². The molecule has 0 amide bonds. The highest BCUT2D eigenvalue weighted by Gasteiger charge is 2.20. The third-order valence-corrected chi connectivity index (χ3v) is 6.16. The molecule has 1 N–H and O–H groups in total. The van der Waals surface area contributed by atoms with Gasteiger partial charge in [-0.1, -0.05) is 26.0 Å². The molecule has 0 spiro atoms. The molecule has 0 saturated heterocycles. The highest BCUT2D eigenvalue weighted by atomic mass is 32.2. The second-order valence-corrected chi connectivity index (χ2v) is 8.98. The maximum atomic E-state index is 12.8. The molecule has 0 aliphatic carbocycles. The first-order valence-corrected chi connectivity index (χ1v) is 11.7. The number of nitriles is 1. The predicted molar refractivity (Wildman–Crippen MR) is 119 cm³/mol. The molecule has 2 rings (SSSR count). The van der Waals surface area contributed by atoms with E-state index in [1.54, 1.807) is 6.92 Å². The molecule has 0 saturated carbocycles. The van der Waals surface area contributed by atoms with Crippen LogP contribution in [0.2, 0.25) is 0 Å². The summed E-state index contributed by atoms with van der Waals surface area (Å²) in [7, 11) is -2.55. The summed E-state index contributed by atoms with van der Waals surface area (Å²) in [5, 5.41) is 9.08. The number of methoxy groups -OCH3 is 1. The summed E-state index contributed by atoms with van der Waals surface area (Å²) in [5.41, 5.74) is 2.00. The Morgan fingerprint density at radius 1 is 1.16 bits per heavy atom. The lowest BCUT2D eigenvalue weighted by Crippen LogP contribution is -2.26. The maximum absolute atomic E-state index is 12.8. The van der Waals surface area contributed by atoms with E-state index in [4.69, 9.17) is 19.5 Å². The minimum atomic E-state index is -3.91. The number of ether oxygens (including phenoxy) is 3. The second-order valence-electron chi connectivity index (χ2n) is 7.24. The zero-order chi connectivity index (χ0) is 23.7. The second kappa shape index (κ2) is 11.5. The van der Waals surface area contributed by atoms with Crippen molar-refractivity contribution in [3.8, 4) is 17.6 Å². The number of nitrogens with zero attached hydrogens (tertiary/aromatic N) is 1. The number of hydrogen-bond acceptors (Lipinski definition) is 7. The lowest BCUT2D eigenvalue weighted by Gasteiger charge is -2.15. The first-order valence-electron chi connectivity index (χ1n) is 10.2. The Hall–Kier alpha value is -3.09. The highest BCUT2D eigenvalue weighted by molar-refractivity contribution is 7.89. The molecule has 0 aliphatic rings. The van der Waals surface area contributed by atoms with Gasteiger partial charge in [-0.25, -0.2) is 17.9 Å². The lowest BCUT2D eigenvalue weighted by atomic mass is 10.00. The van der Waals surface area contributed by atoms with E-state index in [1.165, 1.54) is 25.3 Å². The molecule has 0 fully saturated rings. The summed E-state index contributed by atoms with van der Waals surface area (Å²) in [4.78, 5) is 11.6. The van der Waals surface area contributed by atoms with Crippen LogP contribution in [0.1, 0.15) is 43.4 Å². The van der Waals surface area contributed by atoms with E-state index in [-0.39, 0.29) is 41.9 Å². The smallest absolute Gasteiger partial charge is 0.344 e. The van der Waals surface area contributed by atoms with Gasteiger partial charge in [0.05, 0.1) is 25.3 Å². The molecular weight excluding hydrogens is 432 g/mol. The fourth-order valence-electron chi connectivity index (χ4n) is 2.96. The van der Waals surface area contributed by atoms with Crippen LogP contribution in [0.4, 0.5) is 0 Å². The lowest BCUT2D eigenvalue weighted by molar-refractivity contribution is -0.145. The average Bonchev–Trinajstić information content (AvgIpc) is 2.77. The van der Waals surface area contributed by atoms with Crippen molar-refractivity contribution >= 4 is 16.0 Å². The van der Waals surface area contributed by atoms with Gasteiger partial charge in [0.2, 0.25) is 10.0 Å². The molecule has 32 heavy (non-hydrogen) atoms. The van der Waals surface area contributed by atoms with Crippen molar-refractivity contribution in [1.29, 1.82) is 5.26 Å². The van der Waals surface area contributed by atoms with Crippen molar-refractivity contribution < 1.29 is 27.4 Å². The van der Waals surface area contributed by atoms with Crippen molar-refractivity contribution in [2.24, 2.45) is 0 Å². The van der Waals surface area contributed by atoms with Gasteiger partial charge in [0.15, 0.2) is 6.61 Å². The largest absolute Gasteiger partial charge is 0.495 e. The summed E-state index contributed by atoms with van der Waals surface area (Å²) in [5.74, 6) is 0.440. The third-order valence-electron chi connectivity index (χ3n) is 4.68. The van der Waals surface area contributed by atoms with Gasteiger partial charge in [0.25, 0.3) is 0 Å². The Morgan fingerprint density at radius 2 is 1.91 bits per heavy atom. The fraction of sp³-hybridized carbons (Fsp3) is 0.391. The van der Waals surface area contributed by atoms with Gasteiger partial charge in [-0.05, 0) is 54.7 Å². The number of carbonyl (C=O) groups is 1. The normalized spacial score (nSPS) is 11.1. The zero-order valence-corrected chi connectivity index (χ0v) is 19.5. The van der Waals surface area contributed by atoms with Crippen LogP contribution in [0, 0.1) is 11.3 Å². The summed E-state index contributed by atoms with van der Waals surface area (Å²) in [6.45, 7) is 5.92. The number of carbonyl (C=O) groups excluding carboxylic acids is 1. The Balaban J connectivity index is 2.17. The van der Waals surface area contributed by atoms with Gasteiger partial charge < -0.3 is 14.2 Å². The highest BCUT2D eigenvalue weighted by Crippen LogP contribution is 2.27. The van der Waals surface area contributed by atoms with E-state index in [0.717, 1.165) is 11.1 Å². The van der Waals surface area contributed by atoms with Gasteiger partial charge in [0.1, 0.15) is 16.4 Å². The van der Waals surface area contributed by atoms with Crippen LogP contribution in [-0.2, 0) is 26.0 Å². The topological polar surface area (TPSA) is 115 Å². The maximum Gasteiger partial charge on any atom is 0.344 e. The van der Waals surface area contributed by atoms with Crippen LogP contribution in [0.15, 0.2) is 41.3 Å². The Bertz CT molecular complexity index is 1090. The molecule has 2 aromatic rings. The summed E-state index contributed by atoms with van der Waals surface area (Å²) in [6, 6.07) is 11.8. The predicted octanol–water partition coefficient (Wildman–Crippen LogP) is 3.15. The van der Waals surface area contributed by atoms with Crippen molar-refractivity contribution in [1.82, 2.24) is 4.72 Å². The van der Waals surface area contributed by atoms with E-state index in [1.807, 2.05) is 38.1 Å². The van der Waals surface area contributed by atoms with Crippen LogP contribution in [0.25, 0.3) is 0 Å². The molecule has 172 valence electrons. The number of benzene rings is 2. The molecular formula is C23H28N2O6S. The summed E-state index contributed by atoms with van der Waals surface area (Å²) < 4.78 is 43.8. The van der Waals surface area contributed by atoms with Crippen LogP contribution >= 0.6 is 0 Å². The molecule has 0 radical (unpaired) electrons. The molecule has 8 nitrogen and oxygen atoms in total. The molecule has 9 heteroatoms. The van der Waals surface area contributed by atoms with Crippen LogP contribution in [0.3, 0.4) is 0 Å². The standard InChI is InChI=1S/C23H28N2O6S/c1-5-30-23(26)15-31-21-13-19(16(2)3)8-7-18(21)10-11-25-32(27,28)22-12-17(14-24)6-9-20(22)29-4/h6-9,12-13,16,25H,5,10-11,15H2,1-4H3. The van der Waals surface area contributed by atoms with E-state index in [9.17, 15) is 13.2 Å². The molecule has 0 unspecified atom stereocenters. The number of esters is 1. The van der Waals surface area contributed by atoms with Crippen molar-refractivity contribution in [2.45, 2.75) is 38.0 Å². The number of rotatable bonds is 11. The van der Waals surface area contributed by atoms with Gasteiger partial charge in [-0.2, -0.15) is 5.26 Å². The van der Waals surface area contributed by atoms with Crippen molar-refractivity contribution in [3.05, 3.63) is 53.1 Å². The third kappa shape index (κ3) is 6.70. The van der Waals surface area contributed by atoms with E-state index >= 15 is 0 Å². The summed E-state index contributed by atoms with van der Waals surface area (Å²) in [6.07, 6.45) is 0.329. The molecule has 0 atom stereocenters. The molecule has 0 aromatic heterocycles. The Kier molecular flexibility index (Phi) is 9.05. The van der Waals surface area contributed by atoms with E-state index in [2.05, 4.69) is 4.72 Å². The minimum absolute atomic E-state index is 0.0824. The van der Waals surface area contributed by atoms with Gasteiger partial charge in [-0.3, -0.25) is 0 Å². The minimum Gasteiger partial charge on any atom is -0.495 e. The number of nitrogens with one attached hydrogen (secondary N) is 1. The monoisotopic (exact) mass is 460 g/mol. The Labute approximate surface area is 189 Å². The zero-order valence-electron chi connectivity index (χ0n) is 18.7. The van der Waals surface area contributed by atoms with Crippen molar-refractivity contribution in [3.63, 3.8) is 0 Å². The van der Waals surface area contributed by atoms with Gasteiger partial charge in [-0.15, -0.1) is 0 Å². The van der Waals surface area contributed by atoms with Gasteiger partial charge in [0, 0.05) is 6.54 Å². The Morgan fingerprint density at radius 3 is 2.53 bits per heavy atom. The molecule has 0 heterocycles. The van der Waals surface area contributed by atoms with Crippen LogP contribution < -0.4 is 14.2 Å². The number of hydrogen-bond donors (Lipinski definition) is 1. The number of sulfonamides is 1. The molecule has 2 aromatic carbocycles. The van der Waals surface area contributed by atoms with E-state index in [0.29, 0.717) is 12.2 Å². The molecule has 0 aliphatic heterocycles. The fourth-order valence-corrected chi connectivity index (χ4v) is 4.19. The van der Waals surface area contributed by atoms with Crippen LogP contribution in [-0.4, -0.2) is 41.3 Å². The average molecular weight is 461 g/mol. The summed E-state index contributed by atoms with van der Waals surface area (Å²) >= 11 is 0. The first-order chi connectivity index (χ1) is 15.2. The first kappa shape index (κ1) is 25.2. The van der Waals surface area contributed by atoms with Crippen LogP contribution in [0.5, 0.6) is 11.5 Å². The van der Waals surface area contributed by atoms with E-state index < -0.39 is 16.0 Å². The SMILES string of the molecule is CCOC(=O)COc1cc(C(C)C)ccc1CCNS(=O)(=O)c1cc(C#N)ccc1OC. The quantitative estimate of drug-likeness (QED) is 0.512. The molecule has 0 bridgehead atoms.